The first-order chi connectivity index (χ1) is 20.6. The lowest BCUT2D eigenvalue weighted by Crippen LogP contribution is -2.52. The molecule has 1 aliphatic heterocycles. The van der Waals surface area contributed by atoms with Crippen LogP contribution < -0.4 is 15.6 Å². The molecular weight excluding hydrogens is 546 g/mol. The van der Waals surface area contributed by atoms with Gasteiger partial charge >= 0.3 is 0 Å². The molecule has 0 radical (unpaired) electrons. The van der Waals surface area contributed by atoms with Gasteiger partial charge in [0.25, 0.3) is 11.5 Å². The van der Waals surface area contributed by atoms with Gasteiger partial charge in [-0.25, -0.2) is 4.57 Å². The zero-order valence-electron chi connectivity index (χ0n) is 23.1. The minimum absolute atomic E-state index is 0.150. The predicted molar refractivity (Wildman–Crippen MR) is 165 cm³/mol. The molecule has 3 aromatic heterocycles. The Morgan fingerprint density at radius 1 is 1.14 bits per heavy atom. The monoisotopic (exact) mass is 578 g/mol. The second-order valence-corrected chi connectivity index (χ2v) is 10.6. The van der Waals surface area contributed by atoms with Crippen LogP contribution in [-0.2, 0) is 13.0 Å². The van der Waals surface area contributed by atoms with Gasteiger partial charge in [-0.3, -0.25) is 4.90 Å². The van der Waals surface area contributed by atoms with Crippen LogP contribution in [0.1, 0.15) is 22.9 Å². The van der Waals surface area contributed by atoms with E-state index >= 15 is 0 Å². The van der Waals surface area contributed by atoms with Crippen molar-refractivity contribution < 1.29 is 4.57 Å². The maximum Gasteiger partial charge on any atom is 0.294 e. The second kappa shape index (κ2) is 12.3. The Morgan fingerprint density at radius 2 is 1.98 bits per heavy atom. The lowest BCUT2D eigenvalue weighted by Gasteiger charge is -2.40. The largest absolute Gasteiger partial charge is 0.368 e. The van der Waals surface area contributed by atoms with Crippen LogP contribution in [0.5, 0.6) is 0 Å². The lowest BCUT2D eigenvalue weighted by molar-refractivity contribution is -0.656. The fraction of sp³-hybridized carbons (Fsp3) is 0.267. The molecule has 0 saturated carbocycles. The van der Waals surface area contributed by atoms with E-state index in [1.54, 1.807) is 12.5 Å². The highest BCUT2D eigenvalue weighted by Gasteiger charge is 2.28. The summed E-state index contributed by atoms with van der Waals surface area (Å²) in [5.41, 5.74) is 12.0. The molecular formula is C30H32N11S+. The van der Waals surface area contributed by atoms with Crippen molar-refractivity contribution in [2.45, 2.75) is 19.0 Å². The van der Waals surface area contributed by atoms with Crippen LogP contribution in [0, 0.1) is 12.3 Å². The number of aromatic nitrogens is 7. The molecule has 4 heterocycles. The normalized spacial score (nSPS) is 14.5. The van der Waals surface area contributed by atoms with Crippen LogP contribution >= 0.6 is 12.2 Å². The van der Waals surface area contributed by atoms with Crippen LogP contribution in [0.15, 0.2) is 67.1 Å². The summed E-state index contributed by atoms with van der Waals surface area (Å²) < 4.78 is 2.02. The third-order valence-corrected chi connectivity index (χ3v) is 7.99. The number of benzene rings is 2. The summed E-state index contributed by atoms with van der Waals surface area (Å²) in [6, 6.07) is 19.3. The van der Waals surface area contributed by atoms with Gasteiger partial charge in [-0.1, -0.05) is 58.4 Å². The molecule has 1 saturated heterocycles. The van der Waals surface area contributed by atoms with Crippen LogP contribution in [0.3, 0.4) is 0 Å². The quantitative estimate of drug-likeness (QED) is 0.124. The predicted octanol–water partition coefficient (Wildman–Crippen LogP) is 2.07. The van der Waals surface area contributed by atoms with E-state index in [0.717, 1.165) is 43.9 Å². The first-order valence-corrected chi connectivity index (χ1v) is 14.2. The second-order valence-electron chi connectivity index (χ2n) is 10.2. The lowest BCUT2D eigenvalue weighted by atomic mass is 9.95. The SMILES string of the molecule is C#CCNC(=S)N1CCN(C(Cc2ccccc2)c2cccc(-c3nc(N)c4[nH]cnc4[n+]3Cc3cn[nH]n3)c2)CC1. The number of hydrogen-bond acceptors (Lipinski definition) is 7. The maximum atomic E-state index is 6.40. The molecule has 0 spiro atoms. The summed E-state index contributed by atoms with van der Waals surface area (Å²) in [6.45, 7) is 4.27. The topological polar surface area (TPSA) is 132 Å². The number of nitrogens with one attached hydrogen (secondary N) is 3. The van der Waals surface area contributed by atoms with Gasteiger partial charge < -0.3 is 20.9 Å². The zero-order chi connectivity index (χ0) is 28.9. The summed E-state index contributed by atoms with van der Waals surface area (Å²) in [5.74, 6) is 3.70. The number of piperazine rings is 1. The first kappa shape index (κ1) is 27.3. The van der Waals surface area contributed by atoms with Crippen LogP contribution in [0.2, 0.25) is 0 Å². The van der Waals surface area contributed by atoms with Crippen LogP contribution in [-0.4, -0.2) is 78.0 Å². The molecule has 5 aromatic rings. The van der Waals surface area contributed by atoms with Crippen molar-refractivity contribution >= 4 is 34.3 Å². The van der Waals surface area contributed by atoms with Crippen molar-refractivity contribution in [3.63, 3.8) is 0 Å². The average Bonchev–Trinajstić information content (AvgIpc) is 3.74. The zero-order valence-corrected chi connectivity index (χ0v) is 23.9. The van der Waals surface area contributed by atoms with Crippen molar-refractivity contribution in [3.05, 3.63) is 83.9 Å². The number of imidazole rings is 1. The van der Waals surface area contributed by atoms with Crippen molar-refractivity contribution in [2.24, 2.45) is 0 Å². The molecule has 1 unspecified atom stereocenters. The van der Waals surface area contributed by atoms with Gasteiger partial charge in [0.05, 0.1) is 18.3 Å². The highest BCUT2D eigenvalue weighted by atomic mass is 32.1. The fourth-order valence-electron chi connectivity index (χ4n) is 5.50. The Bertz CT molecular complexity index is 1700. The molecule has 1 aliphatic rings. The summed E-state index contributed by atoms with van der Waals surface area (Å²) in [6.07, 6.45) is 9.61. The Kier molecular flexibility index (Phi) is 8.02. The maximum absolute atomic E-state index is 6.40. The van der Waals surface area contributed by atoms with Gasteiger partial charge in [0.2, 0.25) is 5.82 Å². The van der Waals surface area contributed by atoms with Gasteiger partial charge in [0.15, 0.2) is 17.0 Å². The molecule has 42 heavy (non-hydrogen) atoms. The molecule has 11 nitrogen and oxygen atoms in total. The van der Waals surface area contributed by atoms with Crippen molar-refractivity contribution in [3.8, 4) is 23.7 Å². The minimum Gasteiger partial charge on any atom is -0.368 e. The van der Waals surface area contributed by atoms with E-state index in [1.165, 1.54) is 11.1 Å². The van der Waals surface area contributed by atoms with E-state index in [-0.39, 0.29) is 6.04 Å². The molecule has 0 bridgehead atoms. The molecule has 0 amide bonds. The van der Waals surface area contributed by atoms with E-state index in [0.29, 0.717) is 41.0 Å². The Morgan fingerprint density at radius 3 is 2.74 bits per heavy atom. The summed E-state index contributed by atoms with van der Waals surface area (Å²) in [7, 11) is 0. The number of nitrogens with zero attached hydrogens (tertiary/aromatic N) is 7. The van der Waals surface area contributed by atoms with Crippen molar-refractivity contribution in [1.29, 1.82) is 0 Å². The molecule has 2 aromatic carbocycles. The molecule has 5 N–H and O–H groups in total. The Labute approximate surface area is 249 Å². The minimum atomic E-state index is 0.150. The van der Waals surface area contributed by atoms with E-state index in [9.17, 15) is 0 Å². The number of H-pyrrole nitrogens is 2. The summed E-state index contributed by atoms with van der Waals surface area (Å²) in [5, 5.41) is 14.8. The average molecular weight is 579 g/mol. The highest BCUT2D eigenvalue weighted by molar-refractivity contribution is 7.80. The number of anilines is 1. The van der Waals surface area contributed by atoms with Crippen molar-refractivity contribution in [1.82, 2.24) is 45.5 Å². The number of thiocarbonyl (C=S) groups is 1. The number of fused-ring (bicyclic) bond motifs is 1. The number of nitrogen functional groups attached to an aromatic ring is 1. The van der Waals surface area contributed by atoms with Gasteiger partial charge in [-0.15, -0.1) is 6.42 Å². The fourth-order valence-corrected chi connectivity index (χ4v) is 5.75. The molecule has 12 heteroatoms. The Hall–Kier alpha value is -4.86. The van der Waals surface area contributed by atoms with Gasteiger partial charge in [0.1, 0.15) is 12.2 Å². The van der Waals surface area contributed by atoms with Gasteiger partial charge in [-0.05, 0) is 41.9 Å². The first-order valence-electron chi connectivity index (χ1n) is 13.8. The standard InChI is InChI=1S/C30H31N11S/c1-2-11-32-30(42)40-14-12-39(13-15-40)25(16-21-7-4-3-5-8-21)22-9-6-10-23(17-22)28-36-27(31)26-29(34-20-33-26)41(28)19-24-18-35-38-37-24/h1,3-10,17-18,20,25H,11-16,19H2,(H4,31,32,33,34,35,37,38,42)/p+1. The van der Waals surface area contributed by atoms with Crippen molar-refractivity contribution in [2.75, 3.05) is 38.5 Å². The van der Waals surface area contributed by atoms with Crippen LogP contribution in [0.4, 0.5) is 5.82 Å². The summed E-state index contributed by atoms with van der Waals surface area (Å²) in [4.78, 5) is 17.2. The number of nitrogens with two attached hydrogens (primary N) is 1. The molecule has 1 fully saturated rings. The van der Waals surface area contributed by atoms with E-state index in [1.807, 2.05) is 4.57 Å². The molecule has 6 rings (SSSR count). The molecule has 0 aliphatic carbocycles. The van der Waals surface area contributed by atoms with E-state index in [2.05, 4.69) is 101 Å². The molecule has 1 atom stereocenters. The van der Waals surface area contributed by atoms with E-state index < -0.39 is 0 Å². The highest BCUT2D eigenvalue weighted by Crippen LogP contribution is 2.30. The third kappa shape index (κ3) is 5.79. The van der Waals surface area contributed by atoms with Gasteiger partial charge in [0, 0.05) is 32.2 Å². The number of terminal acetylenes is 1. The van der Waals surface area contributed by atoms with E-state index in [4.69, 9.17) is 29.4 Å². The number of rotatable bonds is 8. The smallest absolute Gasteiger partial charge is 0.294 e. The Balaban J connectivity index is 1.35. The summed E-state index contributed by atoms with van der Waals surface area (Å²) >= 11 is 5.57. The number of aromatic amines is 2. The number of hydrogen-bond donors (Lipinski definition) is 4. The third-order valence-electron chi connectivity index (χ3n) is 7.58. The van der Waals surface area contributed by atoms with Crippen LogP contribution in [0.25, 0.3) is 22.6 Å². The molecule has 212 valence electrons. The van der Waals surface area contributed by atoms with Gasteiger partial charge in [-0.2, -0.15) is 15.4 Å².